The van der Waals surface area contributed by atoms with Gasteiger partial charge in [0.1, 0.15) is 0 Å². The van der Waals surface area contributed by atoms with E-state index in [1.165, 1.54) is 11.1 Å². The van der Waals surface area contributed by atoms with Crippen LogP contribution < -0.4 is 5.32 Å². The minimum atomic E-state index is -0.244. The normalized spacial score (nSPS) is 25.2. The Labute approximate surface area is 138 Å². The summed E-state index contributed by atoms with van der Waals surface area (Å²) in [5.41, 5.74) is 2.81. The molecule has 2 aliphatic rings. The maximum atomic E-state index is 12.4. The van der Waals surface area contributed by atoms with Gasteiger partial charge in [-0.05, 0) is 43.7 Å². The van der Waals surface area contributed by atoms with Crippen LogP contribution in [0.5, 0.6) is 0 Å². The average Bonchev–Trinajstić information content (AvgIpc) is 3.23. The van der Waals surface area contributed by atoms with Gasteiger partial charge in [-0.2, -0.15) is 0 Å². The van der Waals surface area contributed by atoms with E-state index in [1.54, 1.807) is 4.90 Å². The second kappa shape index (κ2) is 6.52. The van der Waals surface area contributed by atoms with Crippen molar-refractivity contribution in [3.8, 4) is 0 Å². The standard InChI is InChI=1S/C19H28N2O2/c1-14-6-3-4-8-16(14)19(10-11-19)13-20-18(23)21(2)12-15-7-5-9-17(15)22/h3-4,6,8,15,17,22H,5,7,9-13H2,1-2H3,(H,20,23). The summed E-state index contributed by atoms with van der Waals surface area (Å²) in [7, 11) is 1.83. The van der Waals surface area contributed by atoms with Crippen molar-refractivity contribution in [1.82, 2.24) is 10.2 Å². The van der Waals surface area contributed by atoms with Crippen molar-refractivity contribution >= 4 is 6.03 Å². The monoisotopic (exact) mass is 316 g/mol. The Kier molecular flexibility index (Phi) is 4.62. The molecule has 4 heteroatoms. The van der Waals surface area contributed by atoms with Gasteiger partial charge < -0.3 is 15.3 Å². The van der Waals surface area contributed by atoms with E-state index in [2.05, 4.69) is 36.5 Å². The molecule has 0 aliphatic heterocycles. The molecule has 4 nitrogen and oxygen atoms in total. The van der Waals surface area contributed by atoms with E-state index in [4.69, 9.17) is 0 Å². The summed E-state index contributed by atoms with van der Waals surface area (Å²) in [4.78, 5) is 14.1. The van der Waals surface area contributed by atoms with Crippen molar-refractivity contribution in [1.29, 1.82) is 0 Å². The minimum Gasteiger partial charge on any atom is -0.393 e. The fourth-order valence-electron chi connectivity index (χ4n) is 3.90. The van der Waals surface area contributed by atoms with Crippen LogP contribution in [0.15, 0.2) is 24.3 Å². The van der Waals surface area contributed by atoms with E-state index in [1.807, 2.05) is 7.05 Å². The third-order valence-electron chi connectivity index (χ3n) is 5.62. The van der Waals surface area contributed by atoms with Crippen LogP contribution in [0, 0.1) is 12.8 Å². The Hall–Kier alpha value is -1.55. The number of urea groups is 1. The predicted molar refractivity (Wildman–Crippen MR) is 91.5 cm³/mol. The van der Waals surface area contributed by atoms with E-state index < -0.39 is 0 Å². The number of carbonyl (C=O) groups is 1. The van der Waals surface area contributed by atoms with E-state index in [9.17, 15) is 9.90 Å². The van der Waals surface area contributed by atoms with Crippen molar-refractivity contribution in [2.45, 2.75) is 50.5 Å². The molecule has 23 heavy (non-hydrogen) atoms. The molecule has 0 spiro atoms. The summed E-state index contributed by atoms with van der Waals surface area (Å²) >= 11 is 0. The predicted octanol–water partition coefficient (Wildman–Crippen LogP) is 2.83. The van der Waals surface area contributed by atoms with E-state index in [0.29, 0.717) is 13.1 Å². The maximum Gasteiger partial charge on any atom is 0.317 e. The SMILES string of the molecule is Cc1ccccc1C1(CNC(=O)N(C)CC2CCCC2O)CC1. The van der Waals surface area contributed by atoms with Gasteiger partial charge in [-0.1, -0.05) is 30.7 Å². The van der Waals surface area contributed by atoms with Crippen LogP contribution in [-0.4, -0.2) is 42.3 Å². The van der Waals surface area contributed by atoms with E-state index in [0.717, 1.165) is 32.1 Å². The van der Waals surface area contributed by atoms with Crippen LogP contribution in [0.4, 0.5) is 4.79 Å². The highest BCUT2D eigenvalue weighted by atomic mass is 16.3. The van der Waals surface area contributed by atoms with Gasteiger partial charge in [-0.15, -0.1) is 0 Å². The van der Waals surface area contributed by atoms with Crippen molar-refractivity contribution in [3.05, 3.63) is 35.4 Å². The molecule has 1 aromatic carbocycles. The summed E-state index contributed by atoms with van der Waals surface area (Å²) in [6.07, 6.45) is 5.00. The minimum absolute atomic E-state index is 0.0241. The molecule has 0 aromatic heterocycles. The van der Waals surface area contributed by atoms with Crippen LogP contribution in [-0.2, 0) is 5.41 Å². The number of rotatable bonds is 5. The Morgan fingerprint density at radius 1 is 1.35 bits per heavy atom. The van der Waals surface area contributed by atoms with Gasteiger partial charge in [-0.3, -0.25) is 0 Å². The second-order valence-electron chi connectivity index (χ2n) is 7.39. The van der Waals surface area contributed by atoms with Gasteiger partial charge >= 0.3 is 6.03 Å². The third kappa shape index (κ3) is 3.52. The molecule has 2 unspecified atom stereocenters. The molecular weight excluding hydrogens is 288 g/mol. The van der Waals surface area contributed by atoms with Crippen molar-refractivity contribution in [3.63, 3.8) is 0 Å². The molecule has 2 amide bonds. The first kappa shape index (κ1) is 16.3. The number of benzene rings is 1. The van der Waals surface area contributed by atoms with Crippen molar-refractivity contribution in [2.24, 2.45) is 5.92 Å². The molecule has 2 atom stereocenters. The summed E-state index contributed by atoms with van der Waals surface area (Å²) in [6, 6.07) is 8.45. The molecule has 2 saturated carbocycles. The number of hydrogen-bond acceptors (Lipinski definition) is 2. The zero-order valence-corrected chi connectivity index (χ0v) is 14.2. The lowest BCUT2D eigenvalue weighted by atomic mass is 9.92. The number of carbonyl (C=O) groups excluding carboxylic acids is 1. The smallest absolute Gasteiger partial charge is 0.317 e. The molecular formula is C19H28N2O2. The zero-order chi connectivity index (χ0) is 16.4. The van der Waals surface area contributed by atoms with Gasteiger partial charge in [0.25, 0.3) is 0 Å². The first-order chi connectivity index (χ1) is 11.0. The van der Waals surface area contributed by atoms with Gasteiger partial charge in [-0.25, -0.2) is 4.79 Å². The summed E-state index contributed by atoms with van der Waals surface area (Å²) in [5, 5.41) is 13.0. The highest BCUT2D eigenvalue weighted by molar-refractivity contribution is 5.74. The quantitative estimate of drug-likeness (QED) is 0.877. The van der Waals surface area contributed by atoms with Gasteiger partial charge in [0.2, 0.25) is 0 Å². The summed E-state index contributed by atoms with van der Waals surface area (Å²) < 4.78 is 0. The largest absolute Gasteiger partial charge is 0.393 e. The van der Waals surface area contributed by atoms with Crippen LogP contribution >= 0.6 is 0 Å². The van der Waals surface area contributed by atoms with Crippen LogP contribution in [0.3, 0.4) is 0 Å². The third-order valence-corrected chi connectivity index (χ3v) is 5.62. The number of nitrogens with one attached hydrogen (secondary N) is 1. The molecule has 2 aliphatic carbocycles. The van der Waals surface area contributed by atoms with Crippen LogP contribution in [0.25, 0.3) is 0 Å². The van der Waals surface area contributed by atoms with Crippen LogP contribution in [0.1, 0.15) is 43.2 Å². The first-order valence-electron chi connectivity index (χ1n) is 8.75. The van der Waals surface area contributed by atoms with Crippen molar-refractivity contribution in [2.75, 3.05) is 20.1 Å². The Bertz CT molecular complexity index is 568. The van der Waals surface area contributed by atoms with E-state index >= 15 is 0 Å². The summed E-state index contributed by atoms with van der Waals surface area (Å²) in [6.45, 7) is 3.49. The lowest BCUT2D eigenvalue weighted by Crippen LogP contribution is -2.43. The van der Waals surface area contributed by atoms with Gasteiger partial charge in [0.15, 0.2) is 0 Å². The number of amides is 2. The fourth-order valence-corrected chi connectivity index (χ4v) is 3.90. The number of nitrogens with zero attached hydrogens (tertiary/aromatic N) is 1. The van der Waals surface area contributed by atoms with E-state index in [-0.39, 0.29) is 23.5 Å². The Morgan fingerprint density at radius 2 is 2.09 bits per heavy atom. The number of hydrogen-bond donors (Lipinski definition) is 2. The highest BCUT2D eigenvalue weighted by Gasteiger charge is 2.45. The van der Waals surface area contributed by atoms with Gasteiger partial charge in [0.05, 0.1) is 6.10 Å². The zero-order valence-electron chi connectivity index (χ0n) is 14.2. The highest BCUT2D eigenvalue weighted by Crippen LogP contribution is 2.48. The molecule has 0 radical (unpaired) electrons. The Morgan fingerprint density at radius 3 is 2.70 bits per heavy atom. The molecule has 0 saturated heterocycles. The molecule has 0 bridgehead atoms. The lowest BCUT2D eigenvalue weighted by Gasteiger charge is -2.25. The maximum absolute atomic E-state index is 12.4. The first-order valence-corrected chi connectivity index (χ1v) is 8.75. The number of aryl methyl sites for hydroxylation is 1. The molecule has 3 rings (SSSR count). The fraction of sp³-hybridized carbons (Fsp3) is 0.632. The number of aliphatic hydroxyl groups excluding tert-OH is 1. The second-order valence-corrected chi connectivity index (χ2v) is 7.39. The van der Waals surface area contributed by atoms with Crippen molar-refractivity contribution < 1.29 is 9.90 Å². The van der Waals surface area contributed by atoms with Gasteiger partial charge in [0, 0.05) is 31.5 Å². The molecule has 1 aromatic rings. The molecule has 2 fully saturated rings. The molecule has 2 N–H and O–H groups in total. The average molecular weight is 316 g/mol. The number of aliphatic hydroxyl groups is 1. The molecule has 126 valence electrons. The topological polar surface area (TPSA) is 52.6 Å². The van der Waals surface area contributed by atoms with Crippen LogP contribution in [0.2, 0.25) is 0 Å². The molecule has 0 heterocycles. The summed E-state index contributed by atoms with van der Waals surface area (Å²) in [5.74, 6) is 0.233. The Balaban J connectivity index is 1.53. The lowest BCUT2D eigenvalue weighted by molar-refractivity contribution is 0.114.